The maximum atomic E-state index is 5.15. The van der Waals surface area contributed by atoms with Crippen LogP contribution in [0.4, 0.5) is 0 Å². The number of hydrogen-bond donors (Lipinski definition) is 2. The van der Waals surface area contributed by atoms with Gasteiger partial charge in [0.1, 0.15) is 0 Å². The molecular formula is C12H21BrN4S. The van der Waals surface area contributed by atoms with Crippen molar-refractivity contribution in [2.75, 3.05) is 13.1 Å². The van der Waals surface area contributed by atoms with E-state index < -0.39 is 0 Å². The van der Waals surface area contributed by atoms with Gasteiger partial charge in [0, 0.05) is 25.3 Å². The summed E-state index contributed by atoms with van der Waals surface area (Å²) >= 11 is 8.68. The van der Waals surface area contributed by atoms with Crippen LogP contribution in [-0.2, 0) is 6.54 Å². The Morgan fingerprint density at radius 1 is 1.33 bits per heavy atom. The van der Waals surface area contributed by atoms with Gasteiger partial charge in [0.2, 0.25) is 0 Å². The first-order valence-electron chi connectivity index (χ1n) is 6.27. The van der Waals surface area contributed by atoms with Crippen LogP contribution in [0.3, 0.4) is 0 Å². The van der Waals surface area contributed by atoms with Crippen molar-refractivity contribution in [3.63, 3.8) is 0 Å². The minimum Gasteiger partial charge on any atom is -0.363 e. The highest BCUT2D eigenvalue weighted by Crippen LogP contribution is 2.19. The quantitative estimate of drug-likeness (QED) is 0.620. The van der Waals surface area contributed by atoms with Crippen LogP contribution in [0.15, 0.2) is 4.47 Å². The highest BCUT2D eigenvalue weighted by atomic mass is 79.9. The molecule has 0 aliphatic rings. The van der Waals surface area contributed by atoms with Crippen LogP contribution in [0, 0.1) is 13.8 Å². The van der Waals surface area contributed by atoms with E-state index in [0.29, 0.717) is 0 Å². The molecule has 1 aromatic rings. The smallest absolute Gasteiger partial charge is 0.166 e. The SMILES string of the molecule is CCCNC(=S)NCCCn1nc(C)c(Br)c1C. The van der Waals surface area contributed by atoms with Gasteiger partial charge in [-0.25, -0.2) is 0 Å². The Balaban J connectivity index is 2.25. The first-order valence-corrected chi connectivity index (χ1v) is 7.47. The summed E-state index contributed by atoms with van der Waals surface area (Å²) < 4.78 is 3.14. The van der Waals surface area contributed by atoms with Gasteiger partial charge in [0.25, 0.3) is 0 Å². The van der Waals surface area contributed by atoms with Crippen molar-refractivity contribution in [1.29, 1.82) is 0 Å². The van der Waals surface area contributed by atoms with Gasteiger partial charge < -0.3 is 10.6 Å². The monoisotopic (exact) mass is 332 g/mol. The molecule has 0 unspecified atom stereocenters. The zero-order valence-corrected chi connectivity index (χ0v) is 13.6. The van der Waals surface area contributed by atoms with E-state index >= 15 is 0 Å². The third kappa shape index (κ3) is 4.57. The van der Waals surface area contributed by atoms with Crippen molar-refractivity contribution >= 4 is 33.3 Å². The Morgan fingerprint density at radius 2 is 2.00 bits per heavy atom. The molecule has 0 aromatic carbocycles. The first-order chi connectivity index (χ1) is 8.56. The number of hydrogen-bond acceptors (Lipinski definition) is 2. The molecule has 0 amide bonds. The Kier molecular flexibility index (Phi) is 6.63. The van der Waals surface area contributed by atoms with Crippen LogP contribution in [0.5, 0.6) is 0 Å². The van der Waals surface area contributed by atoms with Crippen LogP contribution < -0.4 is 10.6 Å². The summed E-state index contributed by atoms with van der Waals surface area (Å²) in [6.07, 6.45) is 2.09. The van der Waals surface area contributed by atoms with Gasteiger partial charge in [-0.15, -0.1) is 0 Å². The van der Waals surface area contributed by atoms with Crippen molar-refractivity contribution in [1.82, 2.24) is 20.4 Å². The Hall–Kier alpha value is -0.620. The third-order valence-electron chi connectivity index (χ3n) is 2.66. The lowest BCUT2D eigenvalue weighted by Gasteiger charge is -2.10. The van der Waals surface area contributed by atoms with Crippen molar-refractivity contribution in [3.8, 4) is 0 Å². The van der Waals surface area contributed by atoms with Gasteiger partial charge in [-0.1, -0.05) is 6.92 Å². The number of halogens is 1. The van der Waals surface area contributed by atoms with Gasteiger partial charge in [0.15, 0.2) is 5.11 Å². The number of nitrogens with zero attached hydrogens (tertiary/aromatic N) is 2. The lowest BCUT2D eigenvalue weighted by molar-refractivity contribution is 0.556. The maximum Gasteiger partial charge on any atom is 0.166 e. The van der Waals surface area contributed by atoms with Crippen LogP contribution in [0.2, 0.25) is 0 Å². The van der Waals surface area contributed by atoms with Crippen LogP contribution >= 0.6 is 28.1 Å². The first kappa shape index (κ1) is 15.4. The normalized spacial score (nSPS) is 10.4. The predicted octanol–water partition coefficient (Wildman–Crippen LogP) is 2.53. The summed E-state index contributed by atoms with van der Waals surface area (Å²) in [5.41, 5.74) is 2.22. The fraction of sp³-hybridized carbons (Fsp3) is 0.667. The molecule has 1 rings (SSSR count). The second-order valence-electron chi connectivity index (χ2n) is 4.24. The predicted molar refractivity (Wildman–Crippen MR) is 82.9 cm³/mol. The van der Waals surface area contributed by atoms with E-state index in [4.69, 9.17) is 12.2 Å². The topological polar surface area (TPSA) is 41.9 Å². The number of thiocarbonyl (C=S) groups is 1. The molecule has 1 heterocycles. The van der Waals surface area contributed by atoms with E-state index in [-0.39, 0.29) is 0 Å². The molecule has 6 heteroatoms. The van der Waals surface area contributed by atoms with Crippen LogP contribution in [-0.4, -0.2) is 28.0 Å². The second kappa shape index (κ2) is 7.74. The molecule has 0 bridgehead atoms. The average molecular weight is 333 g/mol. The number of aryl methyl sites for hydroxylation is 2. The van der Waals surface area contributed by atoms with Gasteiger partial charge in [-0.2, -0.15) is 5.10 Å². The van der Waals surface area contributed by atoms with Crippen molar-refractivity contribution < 1.29 is 0 Å². The second-order valence-corrected chi connectivity index (χ2v) is 5.45. The van der Waals surface area contributed by atoms with Crippen molar-refractivity contribution in [2.24, 2.45) is 0 Å². The molecule has 0 aliphatic heterocycles. The van der Waals surface area contributed by atoms with Crippen LogP contribution in [0.25, 0.3) is 0 Å². The number of rotatable bonds is 6. The van der Waals surface area contributed by atoms with E-state index in [9.17, 15) is 0 Å². The zero-order valence-electron chi connectivity index (χ0n) is 11.2. The fourth-order valence-corrected chi connectivity index (χ4v) is 2.11. The van der Waals surface area contributed by atoms with Crippen molar-refractivity contribution in [3.05, 3.63) is 15.9 Å². The van der Waals surface area contributed by atoms with Crippen LogP contribution in [0.1, 0.15) is 31.2 Å². The van der Waals surface area contributed by atoms with Crippen molar-refractivity contribution in [2.45, 2.75) is 40.2 Å². The van der Waals surface area contributed by atoms with E-state index in [1.807, 2.05) is 11.6 Å². The Morgan fingerprint density at radius 3 is 2.56 bits per heavy atom. The highest BCUT2D eigenvalue weighted by Gasteiger charge is 2.07. The maximum absolute atomic E-state index is 5.15. The van der Waals surface area contributed by atoms with E-state index in [0.717, 1.165) is 47.8 Å². The molecule has 18 heavy (non-hydrogen) atoms. The largest absolute Gasteiger partial charge is 0.363 e. The van der Waals surface area contributed by atoms with Gasteiger partial charge >= 0.3 is 0 Å². The Labute approximate surface area is 123 Å². The molecule has 0 radical (unpaired) electrons. The summed E-state index contributed by atoms with van der Waals surface area (Å²) in [7, 11) is 0. The molecule has 0 saturated heterocycles. The number of aromatic nitrogens is 2. The summed E-state index contributed by atoms with van der Waals surface area (Å²) in [6, 6.07) is 0. The molecule has 4 nitrogen and oxygen atoms in total. The molecular weight excluding hydrogens is 312 g/mol. The highest BCUT2D eigenvalue weighted by molar-refractivity contribution is 9.10. The molecule has 0 atom stereocenters. The van der Waals surface area contributed by atoms with E-state index in [1.165, 1.54) is 5.69 Å². The minimum atomic E-state index is 0.742. The molecule has 0 saturated carbocycles. The summed E-state index contributed by atoms with van der Waals surface area (Å²) in [5.74, 6) is 0. The molecule has 0 aliphatic carbocycles. The Bertz CT molecular complexity index is 403. The summed E-state index contributed by atoms with van der Waals surface area (Å²) in [5, 5.41) is 11.6. The fourth-order valence-electron chi connectivity index (χ4n) is 1.62. The molecule has 0 fully saturated rings. The average Bonchev–Trinajstić information content (AvgIpc) is 2.60. The molecule has 102 valence electrons. The van der Waals surface area contributed by atoms with E-state index in [2.05, 4.69) is 45.5 Å². The lowest BCUT2D eigenvalue weighted by atomic mass is 10.4. The van der Waals surface area contributed by atoms with Gasteiger partial charge in [-0.3, -0.25) is 4.68 Å². The number of nitrogens with one attached hydrogen (secondary N) is 2. The summed E-state index contributed by atoms with van der Waals surface area (Å²) in [4.78, 5) is 0. The van der Waals surface area contributed by atoms with Gasteiger partial charge in [-0.05, 0) is 54.8 Å². The standard InChI is InChI=1S/C12H21BrN4S/c1-4-6-14-12(18)15-7-5-8-17-10(3)11(13)9(2)16-17/h4-8H2,1-3H3,(H2,14,15,18). The molecule has 0 spiro atoms. The summed E-state index contributed by atoms with van der Waals surface area (Å²) in [6.45, 7) is 8.90. The zero-order chi connectivity index (χ0) is 13.5. The minimum absolute atomic E-state index is 0.742. The lowest BCUT2D eigenvalue weighted by Crippen LogP contribution is -2.36. The molecule has 2 N–H and O–H groups in total. The molecule has 1 aromatic heterocycles. The van der Waals surface area contributed by atoms with Gasteiger partial charge in [0.05, 0.1) is 10.2 Å². The van der Waals surface area contributed by atoms with E-state index in [1.54, 1.807) is 0 Å². The third-order valence-corrected chi connectivity index (χ3v) is 4.10.